The molecule has 2 aromatic carbocycles. The summed E-state index contributed by atoms with van der Waals surface area (Å²) in [5.41, 5.74) is 6.22. The lowest BCUT2D eigenvalue weighted by Gasteiger charge is -2.08. The molecule has 0 amide bonds. The molecule has 0 spiro atoms. The fourth-order valence-corrected chi connectivity index (χ4v) is 3.17. The Bertz CT molecular complexity index is 778. The van der Waals surface area contributed by atoms with Gasteiger partial charge in [0.15, 0.2) is 4.47 Å². The van der Waals surface area contributed by atoms with Gasteiger partial charge < -0.3 is 5.32 Å². The highest BCUT2D eigenvalue weighted by Crippen LogP contribution is 2.24. The summed E-state index contributed by atoms with van der Waals surface area (Å²) in [4.78, 5) is 5.17. The van der Waals surface area contributed by atoms with E-state index < -0.39 is 0 Å². The Morgan fingerprint density at radius 1 is 1.00 bits per heavy atom. The minimum atomic E-state index is 0.585. The number of nitrogens with zero attached hydrogens (tertiary/aromatic N) is 1. The number of aromatic nitrogens is 1. The van der Waals surface area contributed by atoms with Crippen molar-refractivity contribution in [2.24, 2.45) is 0 Å². The van der Waals surface area contributed by atoms with E-state index in [1.807, 2.05) is 6.20 Å². The summed E-state index contributed by atoms with van der Waals surface area (Å²) >= 11 is 7.34. The number of thiazole rings is 1. The second-order valence-corrected chi connectivity index (χ2v) is 7.01. The first-order valence-corrected chi connectivity index (χ1v) is 8.33. The highest BCUT2D eigenvalue weighted by Gasteiger charge is 2.02. The van der Waals surface area contributed by atoms with Gasteiger partial charge in [-0.3, -0.25) is 0 Å². The Labute approximate surface area is 139 Å². The molecule has 22 heavy (non-hydrogen) atoms. The number of hydrogen-bond acceptors (Lipinski definition) is 3. The first kappa shape index (κ1) is 15.1. The van der Waals surface area contributed by atoms with E-state index in [2.05, 4.69) is 66.6 Å². The quantitative estimate of drug-likeness (QED) is 0.665. The molecule has 112 valence electrons. The summed E-state index contributed by atoms with van der Waals surface area (Å²) in [6, 6.07) is 15.1. The number of anilines is 1. The molecule has 0 unspecified atom stereocenters. The van der Waals surface area contributed by atoms with E-state index in [-0.39, 0.29) is 0 Å². The van der Waals surface area contributed by atoms with Crippen LogP contribution in [-0.2, 0) is 6.54 Å². The van der Waals surface area contributed by atoms with Crippen molar-refractivity contribution in [1.29, 1.82) is 0 Å². The molecule has 0 radical (unpaired) electrons. The van der Waals surface area contributed by atoms with Crippen LogP contribution in [0.5, 0.6) is 0 Å². The first-order valence-electron chi connectivity index (χ1n) is 7.13. The third kappa shape index (κ3) is 3.49. The normalized spacial score (nSPS) is 10.7. The van der Waals surface area contributed by atoms with Crippen molar-refractivity contribution in [1.82, 2.24) is 4.98 Å². The summed E-state index contributed by atoms with van der Waals surface area (Å²) in [5, 5.41) is 3.39. The van der Waals surface area contributed by atoms with Gasteiger partial charge in [-0.25, -0.2) is 4.98 Å². The summed E-state index contributed by atoms with van der Waals surface area (Å²) in [5.74, 6) is 0. The van der Waals surface area contributed by atoms with Gasteiger partial charge in [-0.1, -0.05) is 41.9 Å². The first-order chi connectivity index (χ1) is 10.6. The topological polar surface area (TPSA) is 24.9 Å². The molecule has 4 heteroatoms. The zero-order chi connectivity index (χ0) is 15.5. The standard InChI is InChI=1S/C18H17ClN2S/c1-12-3-4-15(9-13(12)2)14-5-7-16(8-6-14)20-10-17-11-21-18(19)22-17/h3-9,11,20H,10H2,1-2H3. The molecule has 0 aliphatic carbocycles. The molecule has 0 atom stereocenters. The number of benzene rings is 2. The number of aryl methyl sites for hydroxylation is 2. The van der Waals surface area contributed by atoms with Gasteiger partial charge in [0.25, 0.3) is 0 Å². The van der Waals surface area contributed by atoms with Gasteiger partial charge in [-0.05, 0) is 48.2 Å². The number of halogens is 1. The molecule has 0 saturated heterocycles. The average molecular weight is 329 g/mol. The lowest BCUT2D eigenvalue weighted by molar-refractivity contribution is 1.17. The fourth-order valence-electron chi connectivity index (χ4n) is 2.26. The lowest BCUT2D eigenvalue weighted by atomic mass is 10.0. The van der Waals surface area contributed by atoms with E-state index in [9.17, 15) is 0 Å². The minimum Gasteiger partial charge on any atom is -0.380 e. The number of hydrogen-bond donors (Lipinski definition) is 1. The van der Waals surface area contributed by atoms with E-state index in [1.54, 1.807) is 0 Å². The van der Waals surface area contributed by atoms with Gasteiger partial charge >= 0.3 is 0 Å². The van der Waals surface area contributed by atoms with E-state index in [0.717, 1.165) is 17.1 Å². The Morgan fingerprint density at radius 2 is 1.73 bits per heavy atom. The predicted octanol–water partition coefficient (Wildman–Crippen LogP) is 5.69. The highest BCUT2D eigenvalue weighted by molar-refractivity contribution is 7.15. The van der Waals surface area contributed by atoms with Crippen LogP contribution in [0.3, 0.4) is 0 Å². The van der Waals surface area contributed by atoms with Crippen LogP contribution in [-0.4, -0.2) is 4.98 Å². The lowest BCUT2D eigenvalue weighted by Crippen LogP contribution is -1.96. The molecule has 0 saturated carbocycles. The van der Waals surface area contributed by atoms with Crippen molar-refractivity contribution < 1.29 is 0 Å². The third-order valence-corrected chi connectivity index (χ3v) is 4.83. The van der Waals surface area contributed by atoms with Gasteiger partial charge in [0.1, 0.15) is 0 Å². The minimum absolute atomic E-state index is 0.585. The SMILES string of the molecule is Cc1ccc(-c2ccc(NCc3cnc(Cl)s3)cc2)cc1C. The number of nitrogens with one attached hydrogen (secondary N) is 1. The average Bonchev–Trinajstić information content (AvgIpc) is 2.94. The van der Waals surface area contributed by atoms with Crippen molar-refractivity contribution in [3.05, 3.63) is 69.1 Å². The van der Waals surface area contributed by atoms with Crippen LogP contribution in [0.2, 0.25) is 4.47 Å². The van der Waals surface area contributed by atoms with Crippen LogP contribution in [0, 0.1) is 13.8 Å². The van der Waals surface area contributed by atoms with Crippen molar-refractivity contribution >= 4 is 28.6 Å². The molecule has 1 aromatic heterocycles. The molecule has 3 rings (SSSR count). The molecular weight excluding hydrogens is 312 g/mol. The van der Waals surface area contributed by atoms with Crippen LogP contribution >= 0.6 is 22.9 Å². The maximum Gasteiger partial charge on any atom is 0.183 e. The Kier molecular flexibility index (Phi) is 4.46. The fraction of sp³-hybridized carbons (Fsp3) is 0.167. The van der Waals surface area contributed by atoms with Crippen LogP contribution in [0.4, 0.5) is 5.69 Å². The molecule has 1 heterocycles. The van der Waals surface area contributed by atoms with Crippen LogP contribution in [0.1, 0.15) is 16.0 Å². The third-order valence-electron chi connectivity index (χ3n) is 3.72. The Balaban J connectivity index is 1.70. The molecule has 2 nitrogen and oxygen atoms in total. The Hall–Kier alpha value is -1.84. The second kappa shape index (κ2) is 6.51. The van der Waals surface area contributed by atoms with Gasteiger partial charge in [0.05, 0.1) is 6.54 Å². The monoisotopic (exact) mass is 328 g/mol. The largest absolute Gasteiger partial charge is 0.380 e. The van der Waals surface area contributed by atoms with Crippen molar-refractivity contribution in [2.45, 2.75) is 20.4 Å². The highest BCUT2D eigenvalue weighted by atomic mass is 35.5. The number of rotatable bonds is 4. The Morgan fingerprint density at radius 3 is 2.36 bits per heavy atom. The second-order valence-electron chi connectivity index (χ2n) is 5.31. The van der Waals surface area contributed by atoms with Crippen LogP contribution < -0.4 is 5.32 Å². The maximum atomic E-state index is 5.83. The predicted molar refractivity (Wildman–Crippen MR) is 95.8 cm³/mol. The molecule has 0 aliphatic rings. The molecule has 1 N–H and O–H groups in total. The van der Waals surface area contributed by atoms with E-state index >= 15 is 0 Å². The van der Waals surface area contributed by atoms with E-state index in [4.69, 9.17) is 11.6 Å². The van der Waals surface area contributed by atoms with E-state index in [0.29, 0.717) is 4.47 Å². The zero-order valence-corrected chi connectivity index (χ0v) is 14.1. The van der Waals surface area contributed by atoms with Crippen LogP contribution in [0.15, 0.2) is 48.7 Å². The smallest absolute Gasteiger partial charge is 0.183 e. The zero-order valence-electron chi connectivity index (χ0n) is 12.6. The van der Waals surface area contributed by atoms with E-state index in [1.165, 1.54) is 33.6 Å². The van der Waals surface area contributed by atoms with Gasteiger partial charge in [-0.2, -0.15) is 0 Å². The maximum absolute atomic E-state index is 5.83. The molecule has 3 aromatic rings. The molecule has 0 bridgehead atoms. The summed E-state index contributed by atoms with van der Waals surface area (Å²) in [6.07, 6.45) is 1.81. The molecule has 0 aliphatic heterocycles. The molecule has 0 fully saturated rings. The molecular formula is C18H17ClN2S. The van der Waals surface area contributed by atoms with Crippen molar-refractivity contribution in [2.75, 3.05) is 5.32 Å². The van der Waals surface area contributed by atoms with Crippen molar-refractivity contribution in [3.8, 4) is 11.1 Å². The summed E-state index contributed by atoms with van der Waals surface area (Å²) in [7, 11) is 0. The van der Waals surface area contributed by atoms with Crippen LogP contribution in [0.25, 0.3) is 11.1 Å². The summed E-state index contributed by atoms with van der Waals surface area (Å²) < 4.78 is 0.585. The van der Waals surface area contributed by atoms with Gasteiger partial charge in [0, 0.05) is 16.8 Å². The summed E-state index contributed by atoms with van der Waals surface area (Å²) in [6.45, 7) is 5.03. The van der Waals surface area contributed by atoms with Crippen molar-refractivity contribution in [3.63, 3.8) is 0 Å². The van der Waals surface area contributed by atoms with Gasteiger partial charge in [-0.15, -0.1) is 11.3 Å². The van der Waals surface area contributed by atoms with Gasteiger partial charge in [0.2, 0.25) is 0 Å².